The van der Waals surface area contributed by atoms with Gasteiger partial charge in [0.1, 0.15) is 11.6 Å². The third-order valence-corrected chi connectivity index (χ3v) is 3.87. The standard InChI is InChI=1S/C14H17BrClFN2O/c1-3-20-9(2)8-19-13-7-11(17)10(15)6-12(13)18-14(19)4-5-16/h6-7,9H,3-5,8H2,1-2H3. The fourth-order valence-electron chi connectivity index (χ4n) is 2.24. The number of nitrogens with zero attached hydrogens (tertiary/aromatic N) is 2. The maximum Gasteiger partial charge on any atom is 0.139 e. The highest BCUT2D eigenvalue weighted by atomic mass is 79.9. The van der Waals surface area contributed by atoms with E-state index in [1.54, 1.807) is 6.07 Å². The molecule has 6 heteroatoms. The molecule has 0 N–H and O–H groups in total. The van der Waals surface area contributed by atoms with Gasteiger partial charge in [-0.3, -0.25) is 0 Å². The van der Waals surface area contributed by atoms with Gasteiger partial charge < -0.3 is 9.30 Å². The molecule has 1 aromatic heterocycles. The fourth-order valence-corrected chi connectivity index (χ4v) is 2.74. The molecule has 1 heterocycles. The minimum absolute atomic E-state index is 0.0400. The van der Waals surface area contributed by atoms with E-state index in [-0.39, 0.29) is 11.9 Å². The van der Waals surface area contributed by atoms with Crippen LogP contribution in [0.3, 0.4) is 0 Å². The molecule has 1 atom stereocenters. The van der Waals surface area contributed by atoms with Gasteiger partial charge in [-0.05, 0) is 35.8 Å². The normalized spacial score (nSPS) is 13.1. The first-order chi connectivity index (χ1) is 9.56. The van der Waals surface area contributed by atoms with Crippen molar-refractivity contribution in [2.75, 3.05) is 12.5 Å². The monoisotopic (exact) mass is 362 g/mol. The van der Waals surface area contributed by atoms with Gasteiger partial charge in [0.05, 0.1) is 28.2 Å². The summed E-state index contributed by atoms with van der Waals surface area (Å²) in [7, 11) is 0. The lowest BCUT2D eigenvalue weighted by molar-refractivity contribution is 0.0642. The van der Waals surface area contributed by atoms with Crippen LogP contribution in [-0.2, 0) is 17.7 Å². The molecule has 0 fully saturated rings. The van der Waals surface area contributed by atoms with Gasteiger partial charge >= 0.3 is 0 Å². The maximum absolute atomic E-state index is 13.8. The number of aromatic nitrogens is 2. The predicted molar refractivity (Wildman–Crippen MR) is 82.9 cm³/mol. The van der Waals surface area contributed by atoms with Gasteiger partial charge in [0.2, 0.25) is 0 Å². The average molecular weight is 364 g/mol. The molecule has 0 aliphatic rings. The Morgan fingerprint density at radius 3 is 2.90 bits per heavy atom. The van der Waals surface area contributed by atoms with Crippen molar-refractivity contribution in [3.05, 3.63) is 28.2 Å². The van der Waals surface area contributed by atoms with Crippen LogP contribution in [0.5, 0.6) is 0 Å². The molecule has 3 nitrogen and oxygen atoms in total. The van der Waals surface area contributed by atoms with E-state index in [9.17, 15) is 4.39 Å². The quantitative estimate of drug-likeness (QED) is 0.721. The van der Waals surface area contributed by atoms with Crippen LogP contribution in [0.15, 0.2) is 16.6 Å². The summed E-state index contributed by atoms with van der Waals surface area (Å²) in [6.07, 6.45) is 0.687. The summed E-state index contributed by atoms with van der Waals surface area (Å²) in [5, 5.41) is 0. The number of hydrogen-bond acceptors (Lipinski definition) is 2. The summed E-state index contributed by atoms with van der Waals surface area (Å²) in [6, 6.07) is 3.20. The van der Waals surface area contributed by atoms with Gasteiger partial charge in [0.15, 0.2) is 0 Å². The Hall–Kier alpha value is -0.650. The Morgan fingerprint density at radius 1 is 1.50 bits per heavy atom. The second-order valence-corrected chi connectivity index (χ2v) is 5.83. The minimum Gasteiger partial charge on any atom is -0.377 e. The lowest BCUT2D eigenvalue weighted by atomic mass is 10.3. The van der Waals surface area contributed by atoms with E-state index < -0.39 is 0 Å². The molecular weight excluding hydrogens is 347 g/mol. The summed E-state index contributed by atoms with van der Waals surface area (Å²) < 4.78 is 21.7. The zero-order chi connectivity index (χ0) is 14.7. The molecule has 0 radical (unpaired) electrons. The number of aryl methyl sites for hydroxylation is 1. The number of alkyl halides is 1. The SMILES string of the molecule is CCOC(C)Cn1c(CCCl)nc2cc(Br)c(F)cc21. The van der Waals surface area contributed by atoms with E-state index in [0.717, 1.165) is 16.9 Å². The Balaban J connectivity index is 2.47. The van der Waals surface area contributed by atoms with Crippen molar-refractivity contribution in [3.8, 4) is 0 Å². The largest absolute Gasteiger partial charge is 0.377 e. The predicted octanol–water partition coefficient (Wildman–Crippen LogP) is 4.14. The third kappa shape index (κ3) is 3.32. The Kier molecular flexibility index (Phi) is 5.41. The lowest BCUT2D eigenvalue weighted by Gasteiger charge is -2.15. The van der Waals surface area contributed by atoms with E-state index >= 15 is 0 Å². The number of ether oxygens (including phenoxy) is 1. The summed E-state index contributed by atoms with van der Waals surface area (Å²) in [4.78, 5) is 4.54. The number of hydrogen-bond donors (Lipinski definition) is 0. The molecule has 20 heavy (non-hydrogen) atoms. The van der Waals surface area contributed by atoms with Crippen molar-refractivity contribution < 1.29 is 9.13 Å². The van der Waals surface area contributed by atoms with Gasteiger partial charge in [0.25, 0.3) is 0 Å². The van der Waals surface area contributed by atoms with Crippen molar-refractivity contribution in [3.63, 3.8) is 0 Å². The molecule has 110 valence electrons. The zero-order valence-corrected chi connectivity index (χ0v) is 13.8. The molecule has 2 aromatic rings. The van der Waals surface area contributed by atoms with Gasteiger partial charge in [0, 0.05) is 25.0 Å². The third-order valence-electron chi connectivity index (χ3n) is 3.08. The van der Waals surface area contributed by atoms with Crippen LogP contribution >= 0.6 is 27.5 Å². The minimum atomic E-state index is -0.292. The zero-order valence-electron chi connectivity index (χ0n) is 11.5. The van der Waals surface area contributed by atoms with E-state index in [0.29, 0.717) is 29.9 Å². The summed E-state index contributed by atoms with van der Waals surface area (Å²) in [6.45, 7) is 5.24. The maximum atomic E-state index is 13.8. The number of halogens is 3. The van der Waals surface area contributed by atoms with E-state index in [2.05, 4.69) is 20.9 Å². The van der Waals surface area contributed by atoms with Crippen LogP contribution in [0, 0.1) is 5.82 Å². The highest BCUT2D eigenvalue weighted by molar-refractivity contribution is 9.10. The van der Waals surface area contributed by atoms with E-state index in [4.69, 9.17) is 16.3 Å². The highest BCUT2D eigenvalue weighted by Crippen LogP contribution is 2.25. The van der Waals surface area contributed by atoms with Crippen molar-refractivity contribution in [2.45, 2.75) is 32.9 Å². The molecule has 2 rings (SSSR count). The van der Waals surface area contributed by atoms with Crippen LogP contribution in [0.1, 0.15) is 19.7 Å². The first-order valence-electron chi connectivity index (χ1n) is 6.58. The van der Waals surface area contributed by atoms with Crippen molar-refractivity contribution in [1.82, 2.24) is 9.55 Å². The van der Waals surface area contributed by atoms with Crippen molar-refractivity contribution >= 4 is 38.6 Å². The Morgan fingerprint density at radius 2 is 2.25 bits per heavy atom. The molecule has 1 unspecified atom stereocenters. The summed E-state index contributed by atoms with van der Waals surface area (Å²) >= 11 is 9.02. The van der Waals surface area contributed by atoms with E-state index in [1.165, 1.54) is 6.07 Å². The molecule has 0 spiro atoms. The van der Waals surface area contributed by atoms with Gasteiger partial charge in [-0.25, -0.2) is 9.37 Å². The summed E-state index contributed by atoms with van der Waals surface area (Å²) in [5.41, 5.74) is 1.54. The summed E-state index contributed by atoms with van der Waals surface area (Å²) in [5.74, 6) is 1.05. The molecule has 0 aliphatic carbocycles. The van der Waals surface area contributed by atoms with Crippen molar-refractivity contribution in [2.24, 2.45) is 0 Å². The van der Waals surface area contributed by atoms with Crippen LogP contribution < -0.4 is 0 Å². The van der Waals surface area contributed by atoms with Gasteiger partial charge in [-0.15, -0.1) is 11.6 Å². The number of benzene rings is 1. The Labute approximate surface area is 131 Å². The van der Waals surface area contributed by atoms with Gasteiger partial charge in [-0.2, -0.15) is 0 Å². The molecule has 0 saturated carbocycles. The molecule has 1 aromatic carbocycles. The second kappa shape index (κ2) is 6.87. The number of rotatable bonds is 6. The van der Waals surface area contributed by atoms with E-state index in [1.807, 2.05) is 18.4 Å². The second-order valence-electron chi connectivity index (χ2n) is 4.60. The first kappa shape index (κ1) is 15.7. The van der Waals surface area contributed by atoms with Crippen LogP contribution in [0.2, 0.25) is 0 Å². The number of imidazole rings is 1. The van der Waals surface area contributed by atoms with Crippen LogP contribution in [-0.4, -0.2) is 28.1 Å². The Bertz CT molecular complexity index is 602. The van der Waals surface area contributed by atoms with Crippen LogP contribution in [0.4, 0.5) is 4.39 Å². The molecular formula is C14H17BrClFN2O. The molecule has 0 amide bonds. The number of fused-ring (bicyclic) bond motifs is 1. The van der Waals surface area contributed by atoms with Crippen molar-refractivity contribution in [1.29, 1.82) is 0 Å². The highest BCUT2D eigenvalue weighted by Gasteiger charge is 2.15. The first-order valence-corrected chi connectivity index (χ1v) is 7.91. The molecule has 0 saturated heterocycles. The fraction of sp³-hybridized carbons (Fsp3) is 0.500. The van der Waals surface area contributed by atoms with Crippen LogP contribution in [0.25, 0.3) is 11.0 Å². The molecule has 0 aliphatic heterocycles. The lowest BCUT2D eigenvalue weighted by Crippen LogP contribution is -2.18. The van der Waals surface area contributed by atoms with Gasteiger partial charge in [-0.1, -0.05) is 0 Å². The molecule has 0 bridgehead atoms. The average Bonchev–Trinajstić information content (AvgIpc) is 2.69. The smallest absolute Gasteiger partial charge is 0.139 e. The topological polar surface area (TPSA) is 27.1 Å².